The highest BCUT2D eigenvalue weighted by atomic mass is 16.4. The lowest BCUT2D eigenvalue weighted by atomic mass is 9.78. The summed E-state index contributed by atoms with van der Waals surface area (Å²) >= 11 is 0. The summed E-state index contributed by atoms with van der Waals surface area (Å²) in [4.78, 5) is 25.4. The van der Waals surface area contributed by atoms with Gasteiger partial charge in [-0.1, -0.05) is 48.0 Å². The van der Waals surface area contributed by atoms with Crippen molar-refractivity contribution in [2.75, 3.05) is 0 Å². The SMILES string of the molecule is CC(C)CCC1C(=O)C(C(=O)CC(C)C)=C(O)[C@@]1(O)[C@@H](O)CCC(C)C. The fourth-order valence-corrected chi connectivity index (χ4v) is 3.55. The molecule has 26 heavy (non-hydrogen) atoms. The van der Waals surface area contributed by atoms with Gasteiger partial charge < -0.3 is 15.3 Å². The first-order valence-electron chi connectivity index (χ1n) is 9.84. The molecular weight excluding hydrogens is 332 g/mol. The molecule has 0 amide bonds. The molecule has 0 aromatic carbocycles. The van der Waals surface area contributed by atoms with Crippen LogP contribution in [-0.4, -0.2) is 38.6 Å². The molecule has 3 atom stereocenters. The van der Waals surface area contributed by atoms with E-state index in [4.69, 9.17) is 0 Å². The highest BCUT2D eigenvalue weighted by Crippen LogP contribution is 2.44. The van der Waals surface area contributed by atoms with Gasteiger partial charge in [0.05, 0.1) is 12.0 Å². The second kappa shape index (κ2) is 9.14. The average molecular weight is 369 g/mol. The Morgan fingerprint density at radius 2 is 1.54 bits per heavy atom. The number of Topliss-reactive ketones (excluding diaryl/α,β-unsaturated/α-hetero) is 2. The summed E-state index contributed by atoms with van der Waals surface area (Å²) in [6, 6.07) is 0. The first kappa shape index (κ1) is 22.8. The molecule has 150 valence electrons. The maximum absolute atomic E-state index is 12.9. The predicted molar refractivity (Wildman–Crippen MR) is 102 cm³/mol. The summed E-state index contributed by atoms with van der Waals surface area (Å²) in [6.07, 6.45) is 0.741. The van der Waals surface area contributed by atoms with Crippen LogP contribution in [0.3, 0.4) is 0 Å². The van der Waals surface area contributed by atoms with E-state index in [1.807, 2.05) is 41.5 Å². The van der Waals surface area contributed by atoms with Crippen LogP contribution in [0.1, 0.15) is 73.6 Å². The van der Waals surface area contributed by atoms with Gasteiger partial charge in [0.15, 0.2) is 17.2 Å². The normalized spacial score (nSPS) is 25.0. The molecule has 0 spiro atoms. The van der Waals surface area contributed by atoms with E-state index in [0.29, 0.717) is 31.1 Å². The summed E-state index contributed by atoms with van der Waals surface area (Å²) in [7, 11) is 0. The van der Waals surface area contributed by atoms with Gasteiger partial charge in [0.25, 0.3) is 0 Å². The minimum Gasteiger partial charge on any atom is -0.508 e. The van der Waals surface area contributed by atoms with Gasteiger partial charge in [-0.3, -0.25) is 9.59 Å². The zero-order valence-electron chi connectivity index (χ0n) is 17.1. The summed E-state index contributed by atoms with van der Waals surface area (Å²) in [5.41, 5.74) is -2.37. The Bertz CT molecular complexity index is 547. The van der Waals surface area contributed by atoms with Crippen LogP contribution >= 0.6 is 0 Å². The van der Waals surface area contributed by atoms with E-state index in [-0.39, 0.29) is 24.3 Å². The zero-order valence-corrected chi connectivity index (χ0v) is 17.1. The molecule has 5 heteroatoms. The number of carbonyl (C=O) groups is 2. The third kappa shape index (κ3) is 4.95. The van der Waals surface area contributed by atoms with Gasteiger partial charge >= 0.3 is 0 Å². The van der Waals surface area contributed by atoms with Gasteiger partial charge in [-0.05, 0) is 37.0 Å². The number of rotatable bonds is 10. The Morgan fingerprint density at radius 1 is 1.00 bits per heavy atom. The van der Waals surface area contributed by atoms with E-state index in [1.54, 1.807) is 0 Å². The maximum Gasteiger partial charge on any atom is 0.176 e. The number of carbonyl (C=O) groups excluding carboxylic acids is 2. The number of allylic oxidation sites excluding steroid dienone is 1. The molecule has 1 unspecified atom stereocenters. The van der Waals surface area contributed by atoms with Crippen LogP contribution in [0.2, 0.25) is 0 Å². The van der Waals surface area contributed by atoms with Crippen molar-refractivity contribution in [3.8, 4) is 0 Å². The van der Waals surface area contributed by atoms with E-state index in [9.17, 15) is 24.9 Å². The van der Waals surface area contributed by atoms with Crippen molar-refractivity contribution in [2.45, 2.75) is 85.4 Å². The number of hydrogen-bond donors (Lipinski definition) is 3. The van der Waals surface area contributed by atoms with Gasteiger partial charge in [-0.15, -0.1) is 0 Å². The third-order valence-electron chi connectivity index (χ3n) is 5.14. The van der Waals surface area contributed by atoms with Crippen LogP contribution in [0.4, 0.5) is 0 Å². The molecule has 1 aliphatic rings. The molecule has 0 aliphatic heterocycles. The van der Waals surface area contributed by atoms with Gasteiger partial charge in [0, 0.05) is 6.42 Å². The molecule has 0 heterocycles. The van der Waals surface area contributed by atoms with Crippen LogP contribution in [0, 0.1) is 23.7 Å². The van der Waals surface area contributed by atoms with Crippen molar-refractivity contribution < 1.29 is 24.9 Å². The van der Waals surface area contributed by atoms with E-state index in [0.717, 1.165) is 0 Å². The fraction of sp³-hybridized carbons (Fsp3) is 0.810. The number of aliphatic hydroxyl groups is 3. The highest BCUT2D eigenvalue weighted by Gasteiger charge is 2.58. The Kier molecular flexibility index (Phi) is 8.03. The van der Waals surface area contributed by atoms with E-state index in [2.05, 4.69) is 0 Å². The van der Waals surface area contributed by atoms with Crippen LogP contribution < -0.4 is 0 Å². The Morgan fingerprint density at radius 3 is 2.00 bits per heavy atom. The molecule has 0 bridgehead atoms. The van der Waals surface area contributed by atoms with Crippen molar-refractivity contribution in [1.82, 2.24) is 0 Å². The van der Waals surface area contributed by atoms with Crippen molar-refractivity contribution in [1.29, 1.82) is 0 Å². The van der Waals surface area contributed by atoms with Gasteiger partial charge in [0.2, 0.25) is 0 Å². The minimum atomic E-state index is -2.07. The molecule has 0 radical (unpaired) electrons. The molecule has 0 aromatic heterocycles. The molecule has 0 saturated heterocycles. The van der Waals surface area contributed by atoms with Crippen LogP contribution in [0.5, 0.6) is 0 Å². The number of ketones is 2. The Labute approximate surface area is 157 Å². The lowest BCUT2D eigenvalue weighted by Crippen LogP contribution is -2.49. The van der Waals surface area contributed by atoms with E-state index in [1.165, 1.54) is 0 Å². The monoisotopic (exact) mass is 368 g/mol. The molecule has 5 nitrogen and oxygen atoms in total. The smallest absolute Gasteiger partial charge is 0.176 e. The van der Waals surface area contributed by atoms with Crippen molar-refractivity contribution in [3.63, 3.8) is 0 Å². The molecule has 1 aliphatic carbocycles. The van der Waals surface area contributed by atoms with E-state index >= 15 is 0 Å². The van der Waals surface area contributed by atoms with Crippen molar-refractivity contribution in [2.24, 2.45) is 23.7 Å². The minimum absolute atomic E-state index is 0.0317. The van der Waals surface area contributed by atoms with Crippen molar-refractivity contribution >= 4 is 11.6 Å². The standard InChI is InChI=1S/C21H36O5/c1-12(2)7-9-15-19(24)18(16(22)11-14(5)6)20(25)21(15,26)17(23)10-8-13(3)4/h12-15,17,23,25-26H,7-11H2,1-6H3/t15?,17-,21-/m0/s1. The van der Waals surface area contributed by atoms with E-state index < -0.39 is 34.9 Å². The summed E-state index contributed by atoms with van der Waals surface area (Å²) in [5.74, 6) is -1.94. The molecular formula is C21H36O5. The third-order valence-corrected chi connectivity index (χ3v) is 5.14. The maximum atomic E-state index is 12.9. The molecule has 0 saturated carbocycles. The molecule has 3 N–H and O–H groups in total. The van der Waals surface area contributed by atoms with Gasteiger partial charge in [-0.25, -0.2) is 0 Å². The fourth-order valence-electron chi connectivity index (χ4n) is 3.55. The molecule has 1 rings (SSSR count). The summed E-state index contributed by atoms with van der Waals surface area (Å²) in [6.45, 7) is 11.7. The topological polar surface area (TPSA) is 94.8 Å². The van der Waals surface area contributed by atoms with Crippen LogP contribution in [0.25, 0.3) is 0 Å². The first-order chi connectivity index (χ1) is 11.9. The average Bonchev–Trinajstić information content (AvgIpc) is 2.69. The highest BCUT2D eigenvalue weighted by molar-refractivity contribution is 6.23. The van der Waals surface area contributed by atoms with Gasteiger partial charge in [0.1, 0.15) is 11.3 Å². The second-order valence-electron chi connectivity index (χ2n) is 8.95. The lowest BCUT2D eigenvalue weighted by Gasteiger charge is -2.34. The Balaban J connectivity index is 3.24. The second-order valence-corrected chi connectivity index (χ2v) is 8.95. The largest absolute Gasteiger partial charge is 0.508 e. The van der Waals surface area contributed by atoms with Crippen LogP contribution in [-0.2, 0) is 9.59 Å². The molecule has 0 fully saturated rings. The summed E-state index contributed by atoms with van der Waals surface area (Å²) < 4.78 is 0. The summed E-state index contributed by atoms with van der Waals surface area (Å²) in [5, 5.41) is 32.5. The number of hydrogen-bond acceptors (Lipinski definition) is 5. The number of aliphatic hydroxyl groups excluding tert-OH is 2. The molecule has 0 aromatic rings. The Hall–Kier alpha value is -1.20. The van der Waals surface area contributed by atoms with Gasteiger partial charge in [-0.2, -0.15) is 0 Å². The first-order valence-corrected chi connectivity index (χ1v) is 9.84. The van der Waals surface area contributed by atoms with Crippen molar-refractivity contribution in [3.05, 3.63) is 11.3 Å². The predicted octanol–water partition coefficient (Wildman–Crippen LogP) is 3.58. The quantitative estimate of drug-likeness (QED) is 0.512. The van der Waals surface area contributed by atoms with Crippen LogP contribution in [0.15, 0.2) is 11.3 Å². The zero-order chi connectivity index (χ0) is 20.2. The lowest BCUT2D eigenvalue weighted by molar-refractivity contribution is -0.137.